The van der Waals surface area contributed by atoms with Crippen LogP contribution in [0.5, 0.6) is 5.75 Å². The molecule has 0 amide bonds. The zero-order valence-electron chi connectivity index (χ0n) is 17.3. The van der Waals surface area contributed by atoms with Crippen molar-refractivity contribution in [3.05, 3.63) is 59.5 Å². The van der Waals surface area contributed by atoms with E-state index in [1.54, 1.807) is 25.1 Å². The van der Waals surface area contributed by atoms with E-state index in [9.17, 15) is 9.18 Å². The van der Waals surface area contributed by atoms with E-state index in [1.807, 2.05) is 24.3 Å². The number of aliphatic carboxylic acids is 1. The first-order valence-electron chi connectivity index (χ1n) is 9.92. The lowest BCUT2D eigenvalue weighted by Gasteiger charge is -2.22. The molecule has 0 aliphatic rings. The summed E-state index contributed by atoms with van der Waals surface area (Å²) in [5, 5.41) is 16.0. The van der Waals surface area contributed by atoms with Gasteiger partial charge in [0.1, 0.15) is 11.9 Å². The number of carboxylic acid groups (broad SMARTS) is 1. The van der Waals surface area contributed by atoms with Crippen LogP contribution < -0.4 is 4.74 Å². The molecule has 156 valence electrons. The number of ether oxygens (including phenoxy) is 1. The number of hydrogen-bond donors (Lipinski definition) is 2. The number of halogens is 1. The van der Waals surface area contributed by atoms with Crippen molar-refractivity contribution in [1.29, 1.82) is 0 Å². The molecule has 2 aromatic carbocycles. The van der Waals surface area contributed by atoms with E-state index in [0.717, 1.165) is 11.1 Å². The van der Waals surface area contributed by atoms with Gasteiger partial charge in [0.05, 0.1) is 23.2 Å². The van der Waals surface area contributed by atoms with Gasteiger partial charge in [0.15, 0.2) is 0 Å². The molecule has 0 saturated heterocycles. The van der Waals surface area contributed by atoms with Crippen LogP contribution in [0.4, 0.5) is 4.39 Å². The van der Waals surface area contributed by atoms with E-state index in [2.05, 4.69) is 35.9 Å². The van der Waals surface area contributed by atoms with Gasteiger partial charge in [0.25, 0.3) is 0 Å². The van der Waals surface area contributed by atoms with Crippen LogP contribution in [0.2, 0.25) is 0 Å². The molecule has 0 saturated carbocycles. The number of aromatic amines is 1. The number of aromatic nitrogens is 2. The van der Waals surface area contributed by atoms with Crippen molar-refractivity contribution in [2.75, 3.05) is 0 Å². The van der Waals surface area contributed by atoms with E-state index in [-0.39, 0.29) is 18.4 Å². The predicted octanol–water partition coefficient (Wildman–Crippen LogP) is 5.45. The fourth-order valence-electron chi connectivity index (χ4n) is 3.54. The molecule has 1 aromatic heterocycles. The molecule has 6 heteroatoms. The van der Waals surface area contributed by atoms with Crippen LogP contribution in [0.3, 0.4) is 0 Å². The van der Waals surface area contributed by atoms with Gasteiger partial charge in [-0.05, 0) is 43.0 Å². The Kier molecular flexibility index (Phi) is 6.73. The van der Waals surface area contributed by atoms with E-state index < -0.39 is 11.9 Å². The summed E-state index contributed by atoms with van der Waals surface area (Å²) < 4.78 is 20.6. The third kappa shape index (κ3) is 4.98. The normalized spacial score (nSPS) is 13.0. The molecule has 0 radical (unpaired) electrons. The molecule has 0 spiro atoms. The van der Waals surface area contributed by atoms with Crippen LogP contribution in [-0.4, -0.2) is 21.3 Å². The van der Waals surface area contributed by atoms with Gasteiger partial charge in [0.2, 0.25) is 5.95 Å². The Hall–Kier alpha value is -3.33. The fraction of sp³-hybridized carbons (Fsp3) is 0.333. The minimum atomic E-state index is -0.893. The van der Waals surface area contributed by atoms with Crippen LogP contribution in [-0.2, 0) is 4.79 Å². The number of fused-ring (bicyclic) bond motifs is 1. The fourth-order valence-corrected chi connectivity index (χ4v) is 3.54. The molecular formula is C24H25FN2O3. The summed E-state index contributed by atoms with van der Waals surface area (Å²) in [5.41, 5.74) is 2.20. The summed E-state index contributed by atoms with van der Waals surface area (Å²) in [5.74, 6) is 4.89. The van der Waals surface area contributed by atoms with Crippen LogP contribution in [0.1, 0.15) is 56.8 Å². The topological polar surface area (TPSA) is 75.2 Å². The van der Waals surface area contributed by atoms with Gasteiger partial charge >= 0.3 is 5.97 Å². The molecule has 2 N–H and O–H groups in total. The Morgan fingerprint density at radius 1 is 1.23 bits per heavy atom. The number of rotatable bonds is 8. The van der Waals surface area contributed by atoms with Crippen molar-refractivity contribution >= 4 is 16.9 Å². The minimum absolute atomic E-state index is 0.0568. The molecule has 3 aromatic rings. The maximum absolute atomic E-state index is 14.3. The Morgan fingerprint density at radius 2 is 1.97 bits per heavy atom. The van der Waals surface area contributed by atoms with Crippen molar-refractivity contribution in [1.82, 2.24) is 10.2 Å². The van der Waals surface area contributed by atoms with Crippen molar-refractivity contribution in [2.45, 2.75) is 45.6 Å². The minimum Gasteiger partial charge on any atom is -0.486 e. The summed E-state index contributed by atoms with van der Waals surface area (Å²) in [7, 11) is 0. The van der Waals surface area contributed by atoms with Gasteiger partial charge in [-0.3, -0.25) is 9.89 Å². The first-order valence-corrected chi connectivity index (χ1v) is 9.92. The second kappa shape index (κ2) is 9.45. The molecule has 0 fully saturated rings. The van der Waals surface area contributed by atoms with Crippen molar-refractivity contribution in [3.8, 4) is 17.6 Å². The van der Waals surface area contributed by atoms with Gasteiger partial charge in [-0.25, -0.2) is 0 Å². The first kappa shape index (κ1) is 21.4. The summed E-state index contributed by atoms with van der Waals surface area (Å²) in [6.07, 6.45) is 0.296. The van der Waals surface area contributed by atoms with Crippen LogP contribution in [0, 0.1) is 23.7 Å². The highest BCUT2D eigenvalue weighted by Gasteiger charge is 2.22. The highest BCUT2D eigenvalue weighted by molar-refractivity contribution is 5.82. The maximum Gasteiger partial charge on any atom is 0.304 e. The van der Waals surface area contributed by atoms with E-state index in [0.29, 0.717) is 29.0 Å². The number of carboxylic acids is 1. The van der Waals surface area contributed by atoms with E-state index in [4.69, 9.17) is 9.84 Å². The first-order chi connectivity index (χ1) is 14.4. The lowest BCUT2D eigenvalue weighted by Crippen LogP contribution is -2.11. The summed E-state index contributed by atoms with van der Waals surface area (Å²) >= 11 is 0. The smallest absolute Gasteiger partial charge is 0.304 e. The molecule has 30 heavy (non-hydrogen) atoms. The molecule has 1 unspecified atom stereocenters. The molecule has 1 heterocycles. The second-order valence-electron chi connectivity index (χ2n) is 7.63. The Balaban J connectivity index is 1.89. The standard InChI is InChI=1S/C24H25FN2O3/c1-4-6-17(14-22(28)29)16-9-11-18(12-10-16)30-21(13-15(2)3)19-7-5-8-20-23(19)24(25)27-26-20/h5,7-12,15,17,21H,13-14H2,1-3H3,(H,26,27)(H,28,29)/t17?,21-/m0/s1. The maximum atomic E-state index is 14.3. The molecule has 0 aliphatic carbocycles. The Bertz CT molecular complexity index is 1080. The third-order valence-electron chi connectivity index (χ3n) is 4.87. The highest BCUT2D eigenvalue weighted by atomic mass is 19.1. The lowest BCUT2D eigenvalue weighted by molar-refractivity contribution is -0.137. The van der Waals surface area contributed by atoms with Crippen molar-refractivity contribution < 1.29 is 19.0 Å². The Morgan fingerprint density at radius 3 is 2.60 bits per heavy atom. The highest BCUT2D eigenvalue weighted by Crippen LogP contribution is 2.33. The van der Waals surface area contributed by atoms with Crippen LogP contribution in [0.15, 0.2) is 42.5 Å². The SMILES string of the molecule is CC#CC(CC(=O)O)c1ccc(O[C@@H](CC(C)C)c2cccc3[nH]nc(F)c23)cc1. The molecule has 3 rings (SSSR count). The molecule has 5 nitrogen and oxygen atoms in total. The van der Waals surface area contributed by atoms with Crippen LogP contribution in [0.25, 0.3) is 10.9 Å². The number of benzene rings is 2. The lowest BCUT2D eigenvalue weighted by atomic mass is 9.95. The number of H-pyrrole nitrogens is 1. The average molecular weight is 408 g/mol. The molecular weight excluding hydrogens is 383 g/mol. The molecule has 0 bridgehead atoms. The average Bonchev–Trinajstić information content (AvgIpc) is 3.08. The number of nitrogens with one attached hydrogen (secondary N) is 1. The second-order valence-corrected chi connectivity index (χ2v) is 7.63. The van der Waals surface area contributed by atoms with Crippen LogP contribution >= 0.6 is 0 Å². The monoisotopic (exact) mass is 408 g/mol. The van der Waals surface area contributed by atoms with Crippen molar-refractivity contribution in [3.63, 3.8) is 0 Å². The summed E-state index contributed by atoms with van der Waals surface area (Å²) in [6, 6.07) is 12.8. The van der Waals surface area contributed by atoms with E-state index in [1.165, 1.54) is 0 Å². The third-order valence-corrected chi connectivity index (χ3v) is 4.87. The van der Waals surface area contributed by atoms with Gasteiger partial charge in [0, 0.05) is 5.56 Å². The van der Waals surface area contributed by atoms with Gasteiger partial charge < -0.3 is 9.84 Å². The number of nitrogens with zero attached hydrogens (tertiary/aromatic N) is 1. The van der Waals surface area contributed by atoms with Gasteiger partial charge in [-0.15, -0.1) is 11.0 Å². The van der Waals surface area contributed by atoms with Crippen molar-refractivity contribution in [2.24, 2.45) is 5.92 Å². The zero-order chi connectivity index (χ0) is 21.7. The van der Waals surface area contributed by atoms with Gasteiger partial charge in [-0.2, -0.15) is 4.39 Å². The number of carbonyl (C=O) groups is 1. The summed E-state index contributed by atoms with van der Waals surface area (Å²) in [6.45, 7) is 5.87. The number of hydrogen-bond acceptors (Lipinski definition) is 3. The molecule has 2 atom stereocenters. The zero-order valence-corrected chi connectivity index (χ0v) is 17.3. The Labute approximate surface area is 175 Å². The van der Waals surface area contributed by atoms with Gasteiger partial charge in [-0.1, -0.05) is 44.0 Å². The summed E-state index contributed by atoms with van der Waals surface area (Å²) in [4.78, 5) is 11.1. The molecule has 0 aliphatic heterocycles. The predicted molar refractivity (Wildman–Crippen MR) is 114 cm³/mol. The van der Waals surface area contributed by atoms with E-state index >= 15 is 0 Å². The quantitative estimate of drug-likeness (QED) is 0.486. The largest absolute Gasteiger partial charge is 0.486 e.